The van der Waals surface area contributed by atoms with Gasteiger partial charge in [0.05, 0.1) is 12.2 Å². The van der Waals surface area contributed by atoms with Gasteiger partial charge >= 0.3 is 0 Å². The fourth-order valence-corrected chi connectivity index (χ4v) is 1.72. The van der Waals surface area contributed by atoms with Crippen LogP contribution >= 0.6 is 0 Å². The van der Waals surface area contributed by atoms with Gasteiger partial charge in [0.25, 0.3) is 0 Å². The molecule has 0 unspecified atom stereocenters. The Morgan fingerprint density at radius 1 is 1.60 bits per heavy atom. The molecule has 0 radical (unpaired) electrons. The topological polar surface area (TPSA) is 72.1 Å². The van der Waals surface area contributed by atoms with Crippen LogP contribution in [0, 0.1) is 0 Å². The summed E-state index contributed by atoms with van der Waals surface area (Å²) in [5.74, 6) is 0.451. The Bertz CT molecular complexity index is 391. The average Bonchev–Trinajstić information content (AvgIpc) is 2.60. The Labute approximate surface area is 88.3 Å². The van der Waals surface area contributed by atoms with Gasteiger partial charge in [-0.15, -0.1) is 0 Å². The number of amides is 1. The van der Waals surface area contributed by atoms with Crippen LogP contribution in [-0.2, 0) is 17.9 Å². The van der Waals surface area contributed by atoms with E-state index >= 15 is 0 Å². The van der Waals surface area contributed by atoms with E-state index in [-0.39, 0.29) is 11.9 Å². The molecule has 0 atom stereocenters. The molecule has 0 saturated heterocycles. The van der Waals surface area contributed by atoms with Crippen LogP contribution in [-0.4, -0.2) is 20.8 Å². The number of nitrogen functional groups attached to an aromatic ring is 1. The summed E-state index contributed by atoms with van der Waals surface area (Å²) < 4.78 is 0. The van der Waals surface area contributed by atoms with Crippen LogP contribution in [0.15, 0.2) is 6.20 Å². The SMILES string of the molecule is CCCC(=O)N1Cc2cnc(N)nc2C1. The number of carbonyl (C=O) groups is 1. The normalized spacial score (nSPS) is 14.1. The maximum absolute atomic E-state index is 11.6. The van der Waals surface area contributed by atoms with Crippen molar-refractivity contribution < 1.29 is 4.79 Å². The first-order chi connectivity index (χ1) is 7.20. The second-order valence-electron chi connectivity index (χ2n) is 3.70. The van der Waals surface area contributed by atoms with Crippen molar-refractivity contribution in [1.82, 2.24) is 14.9 Å². The lowest BCUT2D eigenvalue weighted by molar-refractivity contribution is -0.131. The van der Waals surface area contributed by atoms with E-state index in [0.29, 0.717) is 19.5 Å². The number of nitrogens with two attached hydrogens (primary N) is 1. The van der Waals surface area contributed by atoms with E-state index in [1.54, 1.807) is 11.1 Å². The van der Waals surface area contributed by atoms with Crippen molar-refractivity contribution in [2.24, 2.45) is 0 Å². The molecular formula is C10H14N4O. The quantitative estimate of drug-likeness (QED) is 0.773. The molecule has 2 heterocycles. The average molecular weight is 206 g/mol. The van der Waals surface area contributed by atoms with Crippen molar-refractivity contribution in [3.63, 3.8) is 0 Å². The standard InChI is InChI=1S/C10H14N4O/c1-2-3-9(15)14-5-7-4-12-10(11)13-8(7)6-14/h4H,2-3,5-6H2,1H3,(H2,11,12,13). The van der Waals surface area contributed by atoms with Crippen molar-refractivity contribution in [2.45, 2.75) is 32.9 Å². The lowest BCUT2D eigenvalue weighted by atomic mass is 10.3. The lowest BCUT2D eigenvalue weighted by Crippen LogP contribution is -2.24. The Morgan fingerprint density at radius 3 is 3.13 bits per heavy atom. The highest BCUT2D eigenvalue weighted by Gasteiger charge is 2.24. The van der Waals surface area contributed by atoms with Crippen LogP contribution in [0.4, 0.5) is 5.95 Å². The summed E-state index contributed by atoms with van der Waals surface area (Å²) in [6, 6.07) is 0. The summed E-state index contributed by atoms with van der Waals surface area (Å²) in [4.78, 5) is 21.5. The van der Waals surface area contributed by atoms with E-state index in [4.69, 9.17) is 5.73 Å². The van der Waals surface area contributed by atoms with Crippen molar-refractivity contribution in [3.05, 3.63) is 17.5 Å². The maximum atomic E-state index is 11.6. The molecule has 15 heavy (non-hydrogen) atoms. The lowest BCUT2D eigenvalue weighted by Gasteiger charge is -2.13. The molecule has 2 N–H and O–H groups in total. The molecule has 1 aliphatic rings. The van der Waals surface area contributed by atoms with Gasteiger partial charge in [0.15, 0.2) is 0 Å². The van der Waals surface area contributed by atoms with Gasteiger partial charge in [-0.25, -0.2) is 9.97 Å². The predicted octanol–water partition coefficient (Wildman–Crippen LogP) is 0.701. The second kappa shape index (κ2) is 3.84. The number of aromatic nitrogens is 2. The molecule has 5 heteroatoms. The molecule has 1 aromatic rings. The largest absolute Gasteiger partial charge is 0.368 e. The second-order valence-corrected chi connectivity index (χ2v) is 3.70. The zero-order valence-corrected chi connectivity index (χ0v) is 8.73. The van der Waals surface area contributed by atoms with Crippen LogP contribution in [0.3, 0.4) is 0 Å². The van der Waals surface area contributed by atoms with E-state index in [1.165, 1.54) is 0 Å². The first kappa shape index (κ1) is 9.89. The third kappa shape index (κ3) is 1.91. The molecule has 0 fully saturated rings. The molecule has 0 spiro atoms. The first-order valence-corrected chi connectivity index (χ1v) is 5.08. The number of carbonyl (C=O) groups excluding carboxylic acids is 1. The van der Waals surface area contributed by atoms with Gasteiger partial charge in [0.2, 0.25) is 11.9 Å². The van der Waals surface area contributed by atoms with Gasteiger partial charge in [0, 0.05) is 24.7 Å². The van der Waals surface area contributed by atoms with E-state index in [0.717, 1.165) is 17.7 Å². The van der Waals surface area contributed by atoms with Crippen molar-refractivity contribution in [1.29, 1.82) is 0 Å². The molecule has 1 aliphatic heterocycles. The third-order valence-electron chi connectivity index (χ3n) is 2.49. The Hall–Kier alpha value is -1.65. The molecule has 80 valence electrons. The molecule has 1 aromatic heterocycles. The predicted molar refractivity (Wildman–Crippen MR) is 55.6 cm³/mol. The number of fused-ring (bicyclic) bond motifs is 1. The number of hydrogen-bond donors (Lipinski definition) is 1. The van der Waals surface area contributed by atoms with Gasteiger partial charge < -0.3 is 10.6 Å². The van der Waals surface area contributed by atoms with Crippen LogP contribution < -0.4 is 5.73 Å². The summed E-state index contributed by atoms with van der Waals surface area (Å²) in [5, 5.41) is 0. The fourth-order valence-electron chi connectivity index (χ4n) is 1.72. The Balaban J connectivity index is 2.12. The Kier molecular flexibility index (Phi) is 2.53. The highest BCUT2D eigenvalue weighted by atomic mass is 16.2. The third-order valence-corrected chi connectivity index (χ3v) is 2.49. The van der Waals surface area contributed by atoms with Gasteiger partial charge in [-0.05, 0) is 6.42 Å². The van der Waals surface area contributed by atoms with Crippen LogP contribution in [0.25, 0.3) is 0 Å². The maximum Gasteiger partial charge on any atom is 0.223 e. The number of anilines is 1. The summed E-state index contributed by atoms with van der Waals surface area (Å²) in [6.07, 6.45) is 3.17. The monoisotopic (exact) mass is 206 g/mol. The van der Waals surface area contributed by atoms with Crippen LogP contribution in [0.1, 0.15) is 31.0 Å². The summed E-state index contributed by atoms with van der Waals surface area (Å²) in [7, 11) is 0. The first-order valence-electron chi connectivity index (χ1n) is 5.08. The molecule has 0 aromatic carbocycles. The van der Waals surface area contributed by atoms with E-state index in [9.17, 15) is 4.79 Å². The van der Waals surface area contributed by atoms with E-state index < -0.39 is 0 Å². The minimum Gasteiger partial charge on any atom is -0.368 e. The molecule has 5 nitrogen and oxygen atoms in total. The smallest absolute Gasteiger partial charge is 0.223 e. The van der Waals surface area contributed by atoms with Crippen molar-refractivity contribution in [3.8, 4) is 0 Å². The summed E-state index contributed by atoms with van der Waals surface area (Å²) in [5.41, 5.74) is 7.37. The fraction of sp³-hybridized carbons (Fsp3) is 0.500. The van der Waals surface area contributed by atoms with Crippen molar-refractivity contribution in [2.75, 3.05) is 5.73 Å². The number of rotatable bonds is 2. The molecule has 0 aliphatic carbocycles. The van der Waals surface area contributed by atoms with Crippen molar-refractivity contribution >= 4 is 11.9 Å². The minimum atomic E-state index is 0.175. The van der Waals surface area contributed by atoms with Crippen LogP contribution in [0.2, 0.25) is 0 Å². The molecular weight excluding hydrogens is 192 g/mol. The zero-order valence-electron chi connectivity index (χ0n) is 8.73. The van der Waals surface area contributed by atoms with Crippen LogP contribution in [0.5, 0.6) is 0 Å². The highest BCUT2D eigenvalue weighted by Crippen LogP contribution is 2.21. The van der Waals surface area contributed by atoms with Gasteiger partial charge in [-0.2, -0.15) is 0 Å². The van der Waals surface area contributed by atoms with E-state index in [2.05, 4.69) is 9.97 Å². The highest BCUT2D eigenvalue weighted by molar-refractivity contribution is 5.76. The summed E-state index contributed by atoms with van der Waals surface area (Å²) >= 11 is 0. The summed E-state index contributed by atoms with van der Waals surface area (Å²) in [6.45, 7) is 3.19. The van der Waals surface area contributed by atoms with Gasteiger partial charge in [0.1, 0.15) is 0 Å². The van der Waals surface area contributed by atoms with Gasteiger partial charge in [-0.1, -0.05) is 6.92 Å². The zero-order chi connectivity index (χ0) is 10.8. The molecule has 0 saturated carbocycles. The van der Waals surface area contributed by atoms with Gasteiger partial charge in [-0.3, -0.25) is 4.79 Å². The number of hydrogen-bond acceptors (Lipinski definition) is 4. The Morgan fingerprint density at radius 2 is 2.40 bits per heavy atom. The molecule has 0 bridgehead atoms. The number of nitrogens with zero attached hydrogens (tertiary/aromatic N) is 3. The van der Waals surface area contributed by atoms with E-state index in [1.807, 2.05) is 6.92 Å². The molecule has 1 amide bonds. The minimum absolute atomic E-state index is 0.175. The molecule has 2 rings (SSSR count).